The Kier molecular flexibility index (Phi) is 4.80. The summed E-state index contributed by atoms with van der Waals surface area (Å²) in [7, 11) is 0. The number of nitrogens with zero attached hydrogens (tertiary/aromatic N) is 4. The monoisotopic (exact) mass is 299 g/mol. The van der Waals surface area contributed by atoms with Gasteiger partial charge in [0, 0.05) is 36.5 Å². The summed E-state index contributed by atoms with van der Waals surface area (Å²) >= 11 is 0. The molecule has 6 nitrogen and oxygen atoms in total. The minimum absolute atomic E-state index is 0.0264. The molecule has 2 aromatic rings. The van der Waals surface area contributed by atoms with Gasteiger partial charge >= 0.3 is 0 Å². The molecule has 116 valence electrons. The van der Waals surface area contributed by atoms with Gasteiger partial charge in [-0.15, -0.1) is 0 Å². The van der Waals surface area contributed by atoms with Crippen LogP contribution in [-0.2, 0) is 11.3 Å². The highest BCUT2D eigenvalue weighted by Crippen LogP contribution is 2.18. The molecule has 1 aliphatic rings. The van der Waals surface area contributed by atoms with Crippen LogP contribution in [0.25, 0.3) is 0 Å². The summed E-state index contributed by atoms with van der Waals surface area (Å²) in [4.78, 5) is 18.4. The summed E-state index contributed by atoms with van der Waals surface area (Å²) < 4.78 is 1.95. The SMILES string of the molecule is O=C(CN1CCCC[C@H]1Cn1cccn1)Nc1ccncc1. The number of hydrogen-bond acceptors (Lipinski definition) is 4. The predicted octanol–water partition coefficient (Wildman–Crippen LogP) is 1.77. The molecule has 0 aliphatic carbocycles. The number of carbonyl (C=O) groups is 1. The minimum Gasteiger partial charge on any atom is -0.325 e. The van der Waals surface area contributed by atoms with E-state index in [2.05, 4.69) is 20.3 Å². The van der Waals surface area contributed by atoms with E-state index in [-0.39, 0.29) is 5.91 Å². The number of hydrogen-bond donors (Lipinski definition) is 1. The largest absolute Gasteiger partial charge is 0.325 e. The molecular weight excluding hydrogens is 278 g/mol. The fourth-order valence-electron chi connectivity index (χ4n) is 2.92. The van der Waals surface area contributed by atoms with Gasteiger partial charge in [-0.3, -0.25) is 19.4 Å². The fourth-order valence-corrected chi connectivity index (χ4v) is 2.92. The molecule has 6 heteroatoms. The molecule has 1 aliphatic heterocycles. The van der Waals surface area contributed by atoms with Crippen molar-refractivity contribution in [3.05, 3.63) is 43.0 Å². The molecule has 2 aromatic heterocycles. The highest BCUT2D eigenvalue weighted by Gasteiger charge is 2.24. The smallest absolute Gasteiger partial charge is 0.238 e. The minimum atomic E-state index is 0.0264. The molecular formula is C16H21N5O. The number of piperidine rings is 1. The van der Waals surface area contributed by atoms with Crippen LogP contribution in [0, 0.1) is 0 Å². The summed E-state index contributed by atoms with van der Waals surface area (Å²) in [5, 5.41) is 7.20. The van der Waals surface area contributed by atoms with E-state index >= 15 is 0 Å². The second kappa shape index (κ2) is 7.17. The molecule has 1 atom stereocenters. The van der Waals surface area contributed by atoms with Gasteiger partial charge in [-0.25, -0.2) is 0 Å². The van der Waals surface area contributed by atoms with E-state index in [1.165, 1.54) is 6.42 Å². The lowest BCUT2D eigenvalue weighted by Crippen LogP contribution is -2.46. The Bertz CT molecular complexity index is 584. The van der Waals surface area contributed by atoms with Crippen molar-refractivity contribution < 1.29 is 4.79 Å². The highest BCUT2D eigenvalue weighted by atomic mass is 16.2. The van der Waals surface area contributed by atoms with Crippen LogP contribution >= 0.6 is 0 Å². The van der Waals surface area contributed by atoms with Gasteiger partial charge in [0.2, 0.25) is 5.91 Å². The van der Waals surface area contributed by atoms with E-state index in [9.17, 15) is 4.79 Å². The molecule has 0 bridgehead atoms. The lowest BCUT2D eigenvalue weighted by molar-refractivity contribution is -0.118. The Labute approximate surface area is 130 Å². The third kappa shape index (κ3) is 3.92. The molecule has 0 aromatic carbocycles. The van der Waals surface area contributed by atoms with Crippen molar-refractivity contribution in [3.8, 4) is 0 Å². The first-order valence-corrected chi connectivity index (χ1v) is 7.72. The van der Waals surface area contributed by atoms with Gasteiger partial charge in [0.1, 0.15) is 0 Å². The summed E-state index contributed by atoms with van der Waals surface area (Å²) in [6.45, 7) is 2.24. The molecule has 0 saturated carbocycles. The van der Waals surface area contributed by atoms with Crippen molar-refractivity contribution in [3.63, 3.8) is 0 Å². The van der Waals surface area contributed by atoms with E-state index < -0.39 is 0 Å². The fraction of sp³-hybridized carbons (Fsp3) is 0.438. The lowest BCUT2D eigenvalue weighted by atomic mass is 10.0. The Morgan fingerprint density at radius 1 is 1.27 bits per heavy atom. The first kappa shape index (κ1) is 14.7. The van der Waals surface area contributed by atoms with Crippen LogP contribution < -0.4 is 5.32 Å². The average molecular weight is 299 g/mol. The number of pyridine rings is 1. The number of carbonyl (C=O) groups excluding carboxylic acids is 1. The predicted molar refractivity (Wildman–Crippen MR) is 84.3 cm³/mol. The quantitative estimate of drug-likeness (QED) is 0.914. The summed E-state index contributed by atoms with van der Waals surface area (Å²) in [5.74, 6) is 0.0264. The van der Waals surface area contributed by atoms with Gasteiger partial charge < -0.3 is 5.32 Å². The maximum absolute atomic E-state index is 12.2. The molecule has 1 saturated heterocycles. The first-order chi connectivity index (χ1) is 10.8. The zero-order chi connectivity index (χ0) is 15.2. The second-order valence-electron chi connectivity index (χ2n) is 5.63. The summed E-state index contributed by atoms with van der Waals surface area (Å²) in [6.07, 6.45) is 10.6. The number of anilines is 1. The van der Waals surface area contributed by atoms with Crippen molar-refractivity contribution in [2.75, 3.05) is 18.4 Å². The van der Waals surface area contributed by atoms with Crippen molar-refractivity contribution in [1.29, 1.82) is 0 Å². The van der Waals surface area contributed by atoms with Gasteiger partial charge in [0.15, 0.2) is 0 Å². The molecule has 22 heavy (non-hydrogen) atoms. The van der Waals surface area contributed by atoms with Crippen molar-refractivity contribution >= 4 is 11.6 Å². The molecule has 0 unspecified atom stereocenters. The van der Waals surface area contributed by atoms with Crippen molar-refractivity contribution in [1.82, 2.24) is 19.7 Å². The Morgan fingerprint density at radius 3 is 2.91 bits per heavy atom. The van der Waals surface area contributed by atoms with E-state index in [1.54, 1.807) is 30.7 Å². The summed E-state index contributed by atoms with van der Waals surface area (Å²) in [6, 6.07) is 5.91. The van der Waals surface area contributed by atoms with Crippen LogP contribution in [0.15, 0.2) is 43.0 Å². The number of nitrogens with one attached hydrogen (secondary N) is 1. The topological polar surface area (TPSA) is 63.1 Å². The summed E-state index contributed by atoms with van der Waals surface area (Å²) in [5.41, 5.74) is 0.792. The Morgan fingerprint density at radius 2 is 2.14 bits per heavy atom. The van der Waals surface area contributed by atoms with Crippen LogP contribution in [0.1, 0.15) is 19.3 Å². The number of aromatic nitrogens is 3. The van der Waals surface area contributed by atoms with Gasteiger partial charge in [-0.1, -0.05) is 6.42 Å². The van der Waals surface area contributed by atoms with Crippen LogP contribution in [-0.4, -0.2) is 44.7 Å². The van der Waals surface area contributed by atoms with E-state index in [1.807, 2.05) is 16.9 Å². The number of amides is 1. The normalized spacial score (nSPS) is 19.0. The van der Waals surface area contributed by atoms with Crippen LogP contribution in [0.5, 0.6) is 0 Å². The Balaban J connectivity index is 1.57. The zero-order valence-corrected chi connectivity index (χ0v) is 12.6. The zero-order valence-electron chi connectivity index (χ0n) is 12.6. The third-order valence-corrected chi connectivity index (χ3v) is 4.02. The number of rotatable bonds is 5. The van der Waals surface area contributed by atoms with Crippen molar-refractivity contribution in [2.24, 2.45) is 0 Å². The first-order valence-electron chi connectivity index (χ1n) is 7.72. The van der Waals surface area contributed by atoms with Crippen molar-refractivity contribution in [2.45, 2.75) is 31.8 Å². The second-order valence-corrected chi connectivity index (χ2v) is 5.63. The van der Waals surface area contributed by atoms with Gasteiger partial charge in [-0.05, 0) is 37.6 Å². The molecule has 1 N–H and O–H groups in total. The lowest BCUT2D eigenvalue weighted by Gasteiger charge is -2.35. The third-order valence-electron chi connectivity index (χ3n) is 4.02. The van der Waals surface area contributed by atoms with E-state index in [0.29, 0.717) is 12.6 Å². The molecule has 1 amide bonds. The maximum atomic E-state index is 12.2. The molecule has 0 spiro atoms. The van der Waals surface area contributed by atoms with Gasteiger partial charge in [0.25, 0.3) is 0 Å². The average Bonchev–Trinajstić information content (AvgIpc) is 3.03. The Hall–Kier alpha value is -2.21. The van der Waals surface area contributed by atoms with E-state index in [4.69, 9.17) is 0 Å². The standard InChI is InChI=1S/C16H21N5O/c22-16(19-14-5-8-17-9-6-14)13-20-10-2-1-4-15(20)12-21-11-3-7-18-21/h3,5-9,11,15H,1-2,4,10,12-13H2,(H,17,19,22)/t15-/m0/s1. The van der Waals surface area contributed by atoms with E-state index in [0.717, 1.165) is 31.6 Å². The molecule has 1 fully saturated rings. The number of likely N-dealkylation sites (tertiary alicyclic amines) is 1. The van der Waals surface area contributed by atoms with Gasteiger partial charge in [0.05, 0.1) is 13.1 Å². The van der Waals surface area contributed by atoms with Crippen LogP contribution in [0.2, 0.25) is 0 Å². The maximum Gasteiger partial charge on any atom is 0.238 e. The van der Waals surface area contributed by atoms with Crippen LogP contribution in [0.4, 0.5) is 5.69 Å². The molecule has 3 heterocycles. The van der Waals surface area contributed by atoms with Crippen LogP contribution in [0.3, 0.4) is 0 Å². The molecule has 3 rings (SSSR count). The van der Waals surface area contributed by atoms with Gasteiger partial charge in [-0.2, -0.15) is 5.10 Å². The molecule has 0 radical (unpaired) electrons. The highest BCUT2D eigenvalue weighted by molar-refractivity contribution is 5.92.